The van der Waals surface area contributed by atoms with Gasteiger partial charge in [0.05, 0.1) is 4.88 Å². The van der Waals surface area contributed by atoms with Crippen LogP contribution in [0.5, 0.6) is 0 Å². The number of nitrogens with zero attached hydrogens (tertiary/aromatic N) is 2. The van der Waals surface area contributed by atoms with Crippen molar-refractivity contribution in [2.45, 2.75) is 39.2 Å². The van der Waals surface area contributed by atoms with Gasteiger partial charge in [-0.15, -0.1) is 11.3 Å². The maximum absolute atomic E-state index is 14.2. The first-order valence-electron chi connectivity index (χ1n) is 9.48. The minimum absolute atomic E-state index is 0.0402. The number of hydrogen-bond donors (Lipinski definition) is 1. The second-order valence-corrected chi connectivity index (χ2v) is 8.66. The molecule has 0 aliphatic heterocycles. The lowest BCUT2D eigenvalue weighted by Crippen LogP contribution is -2.43. The maximum Gasteiger partial charge on any atom is 0.261 e. The molecule has 0 spiro atoms. The van der Waals surface area contributed by atoms with Gasteiger partial charge in [-0.05, 0) is 36.5 Å². The largest absolute Gasteiger partial charge is 0.348 e. The number of aromatic nitrogens is 2. The summed E-state index contributed by atoms with van der Waals surface area (Å²) in [5.41, 5.74) is 1.04. The number of rotatable bonds is 3. The number of fused-ring (bicyclic) bond motifs is 1. The van der Waals surface area contributed by atoms with Gasteiger partial charge in [-0.25, -0.2) is 4.39 Å². The molecule has 1 fully saturated rings. The summed E-state index contributed by atoms with van der Waals surface area (Å²) in [6.07, 6.45) is 3.42. The zero-order valence-electron chi connectivity index (χ0n) is 15.8. The summed E-state index contributed by atoms with van der Waals surface area (Å²) >= 11 is 1.41. The van der Waals surface area contributed by atoms with Gasteiger partial charge in [-0.2, -0.15) is 5.10 Å². The molecule has 6 heteroatoms. The highest BCUT2D eigenvalue weighted by Gasteiger charge is 2.29. The molecule has 3 atom stereocenters. The van der Waals surface area contributed by atoms with Crippen molar-refractivity contribution in [3.8, 4) is 11.3 Å². The van der Waals surface area contributed by atoms with Gasteiger partial charge in [0.15, 0.2) is 0 Å². The predicted molar refractivity (Wildman–Crippen MR) is 107 cm³/mol. The minimum atomic E-state index is -0.306. The van der Waals surface area contributed by atoms with Gasteiger partial charge in [0.2, 0.25) is 0 Å². The Kier molecular flexibility index (Phi) is 4.76. The highest BCUT2D eigenvalue weighted by atomic mass is 32.1. The predicted octanol–water partition coefficient (Wildman–Crippen LogP) is 5.00. The van der Waals surface area contributed by atoms with Crippen molar-refractivity contribution in [2.75, 3.05) is 0 Å². The quantitative estimate of drug-likeness (QED) is 0.690. The number of aryl methyl sites for hydroxylation is 1. The number of halogens is 1. The van der Waals surface area contributed by atoms with Crippen molar-refractivity contribution in [3.63, 3.8) is 0 Å². The molecule has 1 aromatic carbocycles. The third kappa shape index (κ3) is 3.27. The molecule has 0 radical (unpaired) electrons. The molecular formula is C21H24FN3OS. The second kappa shape index (κ2) is 7.08. The first-order chi connectivity index (χ1) is 13.0. The van der Waals surface area contributed by atoms with Crippen LogP contribution in [0.2, 0.25) is 0 Å². The van der Waals surface area contributed by atoms with Crippen molar-refractivity contribution < 1.29 is 9.18 Å². The van der Waals surface area contributed by atoms with E-state index in [9.17, 15) is 9.18 Å². The molecule has 0 bridgehead atoms. The molecule has 1 amide bonds. The number of amides is 1. The van der Waals surface area contributed by atoms with Gasteiger partial charge in [-0.3, -0.25) is 9.48 Å². The first kappa shape index (κ1) is 18.2. The molecule has 142 valence electrons. The van der Waals surface area contributed by atoms with Crippen molar-refractivity contribution in [3.05, 3.63) is 41.0 Å². The van der Waals surface area contributed by atoms with Crippen LogP contribution < -0.4 is 5.32 Å². The molecule has 2 heterocycles. The average molecular weight is 386 g/mol. The van der Waals surface area contributed by atoms with E-state index in [1.165, 1.54) is 23.8 Å². The second-order valence-electron chi connectivity index (χ2n) is 7.63. The summed E-state index contributed by atoms with van der Waals surface area (Å²) < 4.78 is 16.0. The maximum atomic E-state index is 14.2. The van der Waals surface area contributed by atoms with Crippen molar-refractivity contribution in [1.29, 1.82) is 0 Å². The lowest BCUT2D eigenvalue weighted by Gasteiger charge is -2.34. The summed E-state index contributed by atoms with van der Waals surface area (Å²) in [4.78, 5) is 14.4. The molecule has 2 aromatic heterocycles. The molecule has 3 aromatic rings. The molecule has 1 saturated carbocycles. The molecule has 1 N–H and O–H groups in total. The van der Waals surface area contributed by atoms with Crippen molar-refractivity contribution in [2.24, 2.45) is 18.9 Å². The average Bonchev–Trinajstić information content (AvgIpc) is 3.20. The summed E-state index contributed by atoms with van der Waals surface area (Å²) in [6.45, 7) is 4.48. The Balaban J connectivity index is 1.65. The highest BCUT2D eigenvalue weighted by Crippen LogP contribution is 2.35. The van der Waals surface area contributed by atoms with Crippen molar-refractivity contribution in [1.82, 2.24) is 15.1 Å². The van der Waals surface area contributed by atoms with Gasteiger partial charge < -0.3 is 5.32 Å². The van der Waals surface area contributed by atoms with E-state index >= 15 is 0 Å². The van der Waals surface area contributed by atoms with Crippen LogP contribution in [0.15, 0.2) is 30.3 Å². The van der Waals surface area contributed by atoms with Gasteiger partial charge >= 0.3 is 0 Å². The van der Waals surface area contributed by atoms with E-state index in [2.05, 4.69) is 24.3 Å². The first-order valence-corrected chi connectivity index (χ1v) is 10.3. The standard InChI is InChI=1S/C21H24FN3OS/c1-12-7-6-10-17(13(12)2)23-20(26)18-11-15-19(24-25(3)21(15)27-18)14-8-4-5-9-16(14)22/h4-5,8-9,11-13,17H,6-7,10H2,1-3H3,(H,23,26)/t12-,13-,17+/m1/s1. The van der Waals surface area contributed by atoms with E-state index in [4.69, 9.17) is 0 Å². The van der Waals surface area contributed by atoms with E-state index in [-0.39, 0.29) is 17.8 Å². The fourth-order valence-corrected chi connectivity index (χ4v) is 5.01. The van der Waals surface area contributed by atoms with E-state index in [1.807, 2.05) is 13.1 Å². The number of carbonyl (C=O) groups is 1. The Hall–Kier alpha value is -2.21. The van der Waals surface area contributed by atoms with Crippen LogP contribution in [0, 0.1) is 17.7 Å². The fourth-order valence-electron chi connectivity index (χ4n) is 4.03. The minimum Gasteiger partial charge on any atom is -0.348 e. The number of carbonyl (C=O) groups excluding carboxylic acids is 1. The molecule has 27 heavy (non-hydrogen) atoms. The normalized spacial score (nSPS) is 22.9. The lowest BCUT2D eigenvalue weighted by atomic mass is 9.78. The van der Waals surface area contributed by atoms with Crippen LogP contribution in [-0.2, 0) is 7.05 Å². The van der Waals surface area contributed by atoms with Crippen LogP contribution in [0.3, 0.4) is 0 Å². The smallest absolute Gasteiger partial charge is 0.261 e. The monoisotopic (exact) mass is 385 g/mol. The Morgan fingerprint density at radius 2 is 2.07 bits per heavy atom. The van der Waals surface area contributed by atoms with Gasteiger partial charge in [0.1, 0.15) is 16.3 Å². The Morgan fingerprint density at radius 1 is 1.30 bits per heavy atom. The van der Waals surface area contributed by atoms with Crippen LogP contribution in [0.25, 0.3) is 21.5 Å². The lowest BCUT2D eigenvalue weighted by molar-refractivity contribution is 0.0895. The third-order valence-corrected chi connectivity index (χ3v) is 7.09. The third-order valence-electron chi connectivity index (χ3n) is 5.89. The molecule has 1 aliphatic carbocycles. The summed E-state index contributed by atoms with van der Waals surface area (Å²) in [6, 6.07) is 8.68. The van der Waals surface area contributed by atoms with Gasteiger partial charge in [0.25, 0.3) is 5.91 Å². The number of thiophene rings is 1. The molecular weight excluding hydrogens is 361 g/mol. The summed E-state index contributed by atoms with van der Waals surface area (Å²) in [7, 11) is 1.83. The van der Waals surface area contributed by atoms with E-state index in [0.717, 1.165) is 23.1 Å². The summed E-state index contributed by atoms with van der Waals surface area (Å²) in [5.74, 6) is 0.761. The highest BCUT2D eigenvalue weighted by molar-refractivity contribution is 7.20. The molecule has 0 unspecified atom stereocenters. The Bertz CT molecular complexity index is 993. The fraction of sp³-hybridized carbons (Fsp3) is 0.429. The molecule has 0 saturated heterocycles. The van der Waals surface area contributed by atoms with Crippen molar-refractivity contribution >= 4 is 27.5 Å². The van der Waals surface area contributed by atoms with Crippen LogP contribution in [0.4, 0.5) is 4.39 Å². The number of hydrogen-bond acceptors (Lipinski definition) is 3. The topological polar surface area (TPSA) is 46.9 Å². The Morgan fingerprint density at radius 3 is 2.85 bits per heavy atom. The summed E-state index contributed by atoms with van der Waals surface area (Å²) in [5, 5.41) is 8.52. The van der Waals surface area contributed by atoms with Crippen LogP contribution >= 0.6 is 11.3 Å². The molecule has 4 nitrogen and oxygen atoms in total. The molecule has 1 aliphatic rings. The zero-order valence-corrected chi connectivity index (χ0v) is 16.6. The van der Waals surface area contributed by atoms with Gasteiger partial charge in [0, 0.05) is 24.0 Å². The van der Waals surface area contributed by atoms with Crippen LogP contribution in [0.1, 0.15) is 42.8 Å². The van der Waals surface area contributed by atoms with Gasteiger partial charge in [-0.1, -0.05) is 38.8 Å². The number of benzene rings is 1. The number of nitrogens with one attached hydrogen (secondary N) is 1. The zero-order chi connectivity index (χ0) is 19.1. The van der Waals surface area contributed by atoms with E-state index < -0.39 is 0 Å². The Labute approximate surface area is 162 Å². The van der Waals surface area contributed by atoms with E-state index in [0.29, 0.717) is 28.0 Å². The molecule has 4 rings (SSSR count). The van der Waals surface area contributed by atoms with E-state index in [1.54, 1.807) is 22.9 Å². The van der Waals surface area contributed by atoms with Crippen LogP contribution in [-0.4, -0.2) is 21.7 Å². The SMILES string of the molecule is C[C@@H]1[C@H](C)CCC[C@@H]1NC(=O)c1cc2c(-c3ccccc3F)nn(C)c2s1.